The summed E-state index contributed by atoms with van der Waals surface area (Å²) in [6, 6.07) is 7.69. The lowest BCUT2D eigenvalue weighted by atomic mass is 9.99. The third kappa shape index (κ3) is 4.29. The molecule has 4 heterocycles. The van der Waals surface area contributed by atoms with Crippen molar-refractivity contribution in [1.82, 2.24) is 29.8 Å². The highest BCUT2D eigenvalue weighted by atomic mass is 19.2. The maximum absolute atomic E-state index is 13.5. The fourth-order valence-electron chi connectivity index (χ4n) is 4.06. The van der Waals surface area contributed by atoms with Crippen LogP contribution in [0.2, 0.25) is 0 Å². The summed E-state index contributed by atoms with van der Waals surface area (Å²) in [4.78, 5) is 18.1. The number of aromatic nitrogens is 5. The molecular formula is C23H23F2N7. The SMILES string of the molecule is Fc1ccc(CNc2ncc3nc(-c4cccnc4)n(C[C@H]4CCCNC4)c3n2)cc1F. The minimum Gasteiger partial charge on any atom is -0.350 e. The Hall–Kier alpha value is -3.46. The maximum atomic E-state index is 13.5. The normalized spacial score (nSPS) is 16.4. The first-order chi connectivity index (χ1) is 15.7. The minimum atomic E-state index is -0.874. The van der Waals surface area contributed by atoms with E-state index in [0.717, 1.165) is 55.6 Å². The summed E-state index contributed by atoms with van der Waals surface area (Å²) in [6.45, 7) is 3.07. The summed E-state index contributed by atoms with van der Waals surface area (Å²) < 4.78 is 28.8. The molecule has 0 radical (unpaired) electrons. The monoisotopic (exact) mass is 435 g/mol. The van der Waals surface area contributed by atoms with Crippen molar-refractivity contribution >= 4 is 17.1 Å². The maximum Gasteiger partial charge on any atom is 0.225 e. The van der Waals surface area contributed by atoms with Crippen LogP contribution in [-0.4, -0.2) is 37.6 Å². The molecule has 0 saturated carbocycles. The number of hydrogen-bond donors (Lipinski definition) is 2. The molecule has 5 rings (SSSR count). The number of imidazole rings is 1. The Labute approximate surface area is 184 Å². The fourth-order valence-corrected chi connectivity index (χ4v) is 4.06. The van der Waals surface area contributed by atoms with Gasteiger partial charge in [0.15, 0.2) is 17.3 Å². The molecule has 0 bridgehead atoms. The van der Waals surface area contributed by atoms with Gasteiger partial charge in [-0.05, 0) is 61.7 Å². The van der Waals surface area contributed by atoms with Crippen LogP contribution in [0.4, 0.5) is 14.7 Å². The molecule has 1 aromatic carbocycles. The van der Waals surface area contributed by atoms with Gasteiger partial charge < -0.3 is 15.2 Å². The number of hydrogen-bond acceptors (Lipinski definition) is 6. The number of rotatable bonds is 6. The zero-order valence-electron chi connectivity index (χ0n) is 17.4. The van der Waals surface area contributed by atoms with E-state index in [2.05, 4.69) is 25.2 Å². The van der Waals surface area contributed by atoms with E-state index in [9.17, 15) is 8.78 Å². The van der Waals surface area contributed by atoms with Crippen molar-refractivity contribution in [3.63, 3.8) is 0 Å². The molecule has 2 N–H and O–H groups in total. The zero-order valence-corrected chi connectivity index (χ0v) is 17.4. The predicted molar refractivity (Wildman–Crippen MR) is 118 cm³/mol. The lowest BCUT2D eigenvalue weighted by Gasteiger charge is -2.24. The van der Waals surface area contributed by atoms with Gasteiger partial charge in [-0.2, -0.15) is 4.98 Å². The second kappa shape index (κ2) is 8.96. The van der Waals surface area contributed by atoms with Gasteiger partial charge in [0.05, 0.1) is 6.20 Å². The highest BCUT2D eigenvalue weighted by Crippen LogP contribution is 2.26. The van der Waals surface area contributed by atoms with Crippen LogP contribution in [0.3, 0.4) is 0 Å². The number of pyridine rings is 1. The molecular weight excluding hydrogens is 412 g/mol. The van der Waals surface area contributed by atoms with Crippen LogP contribution >= 0.6 is 0 Å². The summed E-state index contributed by atoms with van der Waals surface area (Å²) in [5.41, 5.74) is 2.96. The van der Waals surface area contributed by atoms with Crippen LogP contribution < -0.4 is 10.6 Å². The minimum absolute atomic E-state index is 0.277. The topological polar surface area (TPSA) is 80.5 Å². The van der Waals surface area contributed by atoms with Crippen LogP contribution in [-0.2, 0) is 13.1 Å². The number of halogens is 2. The van der Waals surface area contributed by atoms with Gasteiger partial charge in [-0.3, -0.25) is 4.98 Å². The zero-order chi connectivity index (χ0) is 21.9. The highest BCUT2D eigenvalue weighted by Gasteiger charge is 2.20. The molecule has 32 heavy (non-hydrogen) atoms. The van der Waals surface area contributed by atoms with E-state index in [1.54, 1.807) is 18.6 Å². The second-order valence-corrected chi connectivity index (χ2v) is 8.00. The Morgan fingerprint density at radius 1 is 1.12 bits per heavy atom. The predicted octanol–water partition coefficient (Wildman–Crippen LogP) is 3.78. The van der Waals surface area contributed by atoms with Crippen molar-refractivity contribution < 1.29 is 8.78 Å². The molecule has 164 valence electrons. The van der Waals surface area contributed by atoms with Crippen LogP contribution in [0.15, 0.2) is 48.9 Å². The highest BCUT2D eigenvalue weighted by molar-refractivity contribution is 5.77. The van der Waals surface area contributed by atoms with Crippen molar-refractivity contribution in [3.8, 4) is 11.4 Å². The quantitative estimate of drug-likeness (QED) is 0.480. The van der Waals surface area contributed by atoms with Crippen LogP contribution in [0.1, 0.15) is 18.4 Å². The third-order valence-corrected chi connectivity index (χ3v) is 5.68. The smallest absolute Gasteiger partial charge is 0.225 e. The van der Waals surface area contributed by atoms with Gasteiger partial charge in [-0.15, -0.1) is 0 Å². The molecule has 1 atom stereocenters. The van der Waals surface area contributed by atoms with E-state index in [4.69, 9.17) is 9.97 Å². The summed E-state index contributed by atoms with van der Waals surface area (Å²) in [7, 11) is 0. The van der Waals surface area contributed by atoms with E-state index in [0.29, 0.717) is 22.9 Å². The largest absolute Gasteiger partial charge is 0.350 e. The number of nitrogens with one attached hydrogen (secondary N) is 2. The molecule has 0 spiro atoms. The lowest BCUT2D eigenvalue weighted by molar-refractivity contribution is 0.341. The average molecular weight is 435 g/mol. The number of anilines is 1. The lowest BCUT2D eigenvalue weighted by Crippen LogP contribution is -2.32. The number of fused-ring (bicyclic) bond motifs is 1. The van der Waals surface area contributed by atoms with Crippen molar-refractivity contribution in [3.05, 3.63) is 66.1 Å². The van der Waals surface area contributed by atoms with Gasteiger partial charge in [-0.25, -0.2) is 18.7 Å². The molecule has 9 heteroatoms. The van der Waals surface area contributed by atoms with Gasteiger partial charge in [0.1, 0.15) is 11.3 Å². The van der Waals surface area contributed by atoms with Crippen molar-refractivity contribution in [2.24, 2.45) is 5.92 Å². The van der Waals surface area contributed by atoms with E-state index in [-0.39, 0.29) is 6.54 Å². The van der Waals surface area contributed by atoms with E-state index < -0.39 is 11.6 Å². The van der Waals surface area contributed by atoms with Crippen LogP contribution in [0.25, 0.3) is 22.6 Å². The van der Waals surface area contributed by atoms with Gasteiger partial charge in [0, 0.05) is 31.0 Å². The Morgan fingerprint density at radius 3 is 2.84 bits per heavy atom. The molecule has 7 nitrogen and oxygen atoms in total. The summed E-state index contributed by atoms with van der Waals surface area (Å²) in [5.74, 6) is -0.0461. The molecule has 3 aromatic heterocycles. The van der Waals surface area contributed by atoms with Crippen molar-refractivity contribution in [2.45, 2.75) is 25.9 Å². The third-order valence-electron chi connectivity index (χ3n) is 5.68. The average Bonchev–Trinajstić information content (AvgIpc) is 3.19. The Bertz CT molecular complexity index is 1220. The molecule has 0 amide bonds. The first-order valence-electron chi connectivity index (χ1n) is 10.7. The van der Waals surface area contributed by atoms with Crippen LogP contribution in [0.5, 0.6) is 0 Å². The van der Waals surface area contributed by atoms with Crippen LogP contribution in [0, 0.1) is 17.6 Å². The first-order valence-corrected chi connectivity index (χ1v) is 10.7. The van der Waals surface area contributed by atoms with E-state index >= 15 is 0 Å². The molecule has 1 saturated heterocycles. The first kappa shape index (κ1) is 20.4. The molecule has 1 aliphatic rings. The summed E-state index contributed by atoms with van der Waals surface area (Å²) in [6.07, 6.45) is 7.51. The number of nitrogens with zero attached hydrogens (tertiary/aromatic N) is 5. The molecule has 0 aliphatic carbocycles. The van der Waals surface area contributed by atoms with Gasteiger partial charge >= 0.3 is 0 Å². The second-order valence-electron chi connectivity index (χ2n) is 8.00. The van der Waals surface area contributed by atoms with Crippen molar-refractivity contribution in [2.75, 3.05) is 18.4 Å². The standard InChI is InChI=1S/C23H23F2N7/c24-18-6-5-15(9-19(18)25)11-28-23-29-13-20-22(31-23)32(14-16-3-1-7-26-10-16)21(30-20)17-4-2-8-27-12-17/h2,4-6,8-9,12-13,16,26H,1,3,7,10-11,14H2,(H,28,29,31)/t16-/m0/s1. The molecule has 1 aliphatic heterocycles. The van der Waals surface area contributed by atoms with E-state index in [1.807, 2.05) is 12.1 Å². The van der Waals surface area contributed by atoms with Gasteiger partial charge in [0.2, 0.25) is 5.95 Å². The molecule has 1 fully saturated rings. The van der Waals surface area contributed by atoms with Crippen molar-refractivity contribution in [1.29, 1.82) is 0 Å². The Balaban J connectivity index is 1.47. The summed E-state index contributed by atoms with van der Waals surface area (Å²) >= 11 is 0. The van der Waals surface area contributed by atoms with E-state index in [1.165, 1.54) is 12.1 Å². The molecule has 0 unspecified atom stereocenters. The number of benzene rings is 1. The fraction of sp³-hybridized carbons (Fsp3) is 0.304. The number of piperidine rings is 1. The Kier molecular flexibility index (Phi) is 5.72. The summed E-state index contributed by atoms with van der Waals surface area (Å²) in [5, 5.41) is 6.57. The van der Waals surface area contributed by atoms with Gasteiger partial charge in [-0.1, -0.05) is 6.07 Å². The van der Waals surface area contributed by atoms with Gasteiger partial charge in [0.25, 0.3) is 0 Å². The molecule has 4 aromatic rings. The Morgan fingerprint density at radius 2 is 2.06 bits per heavy atom.